The summed E-state index contributed by atoms with van der Waals surface area (Å²) in [5.41, 5.74) is 2.27. The molecule has 2 heterocycles. The van der Waals surface area contributed by atoms with Crippen molar-refractivity contribution in [1.82, 2.24) is 9.80 Å². The molecule has 0 fully saturated rings. The van der Waals surface area contributed by atoms with Gasteiger partial charge in [0.15, 0.2) is 0 Å². The quantitative estimate of drug-likeness (QED) is 0.242. The molecule has 0 saturated heterocycles. The maximum Gasteiger partial charge on any atom is 0.242 e. The summed E-state index contributed by atoms with van der Waals surface area (Å²) >= 11 is 7.90. The van der Waals surface area contributed by atoms with E-state index in [4.69, 9.17) is 11.6 Å². The third kappa shape index (κ3) is 8.08. The number of rotatable bonds is 14. The molecule has 1 aromatic carbocycles. The lowest BCUT2D eigenvalue weighted by molar-refractivity contribution is -0.141. The monoisotopic (exact) mass is 516 g/mol. The van der Waals surface area contributed by atoms with Crippen LogP contribution in [0.15, 0.2) is 35.7 Å². The molecular formula is C29H41ClN2O2S. The number of fused-ring (bicyclic) bond motifs is 1. The number of carbonyl (C=O) groups excluding carboxylic acids is 2. The minimum Gasteiger partial charge on any atom is -0.333 e. The summed E-state index contributed by atoms with van der Waals surface area (Å²) in [4.78, 5) is 31.9. The van der Waals surface area contributed by atoms with Crippen LogP contribution in [0.4, 0.5) is 0 Å². The third-order valence-electron chi connectivity index (χ3n) is 6.93. The molecule has 4 nitrogen and oxygen atoms in total. The summed E-state index contributed by atoms with van der Waals surface area (Å²) in [7, 11) is 0. The van der Waals surface area contributed by atoms with Crippen LogP contribution in [-0.2, 0) is 16.0 Å². The molecule has 1 atom stereocenters. The number of thiophene rings is 1. The second kappa shape index (κ2) is 14.6. The van der Waals surface area contributed by atoms with E-state index in [9.17, 15) is 9.59 Å². The zero-order valence-corrected chi connectivity index (χ0v) is 23.0. The second-order valence-corrected chi connectivity index (χ2v) is 11.1. The molecule has 1 aliphatic rings. The minimum atomic E-state index is -0.124. The normalized spacial score (nSPS) is 15.2. The molecule has 0 bridgehead atoms. The summed E-state index contributed by atoms with van der Waals surface area (Å²) in [6, 6.07) is 9.82. The smallest absolute Gasteiger partial charge is 0.242 e. The Balaban J connectivity index is 1.65. The van der Waals surface area contributed by atoms with E-state index < -0.39 is 0 Å². The van der Waals surface area contributed by atoms with Gasteiger partial charge in [-0.25, -0.2) is 0 Å². The van der Waals surface area contributed by atoms with E-state index in [0.29, 0.717) is 24.5 Å². The van der Waals surface area contributed by atoms with Crippen molar-refractivity contribution in [3.8, 4) is 0 Å². The van der Waals surface area contributed by atoms with Gasteiger partial charge in [-0.15, -0.1) is 11.3 Å². The van der Waals surface area contributed by atoms with E-state index >= 15 is 0 Å². The Labute approximate surface area is 220 Å². The lowest BCUT2D eigenvalue weighted by Gasteiger charge is -2.37. The fourth-order valence-corrected chi connectivity index (χ4v) is 5.91. The highest BCUT2D eigenvalue weighted by atomic mass is 35.5. The number of unbranched alkanes of at least 4 members (excludes halogenated alkanes) is 7. The van der Waals surface area contributed by atoms with Gasteiger partial charge in [-0.05, 0) is 54.0 Å². The van der Waals surface area contributed by atoms with Gasteiger partial charge < -0.3 is 9.80 Å². The lowest BCUT2D eigenvalue weighted by atomic mass is 9.93. The van der Waals surface area contributed by atoms with E-state index in [0.717, 1.165) is 37.7 Å². The lowest BCUT2D eigenvalue weighted by Crippen LogP contribution is -2.47. The van der Waals surface area contributed by atoms with Crippen molar-refractivity contribution in [2.24, 2.45) is 0 Å². The summed E-state index contributed by atoms with van der Waals surface area (Å²) in [6.07, 6.45) is 11.6. The van der Waals surface area contributed by atoms with Gasteiger partial charge in [-0.2, -0.15) is 0 Å². The van der Waals surface area contributed by atoms with Crippen molar-refractivity contribution < 1.29 is 9.59 Å². The molecule has 0 spiro atoms. The van der Waals surface area contributed by atoms with Crippen molar-refractivity contribution in [3.05, 3.63) is 56.7 Å². The van der Waals surface area contributed by atoms with Crippen molar-refractivity contribution in [1.29, 1.82) is 0 Å². The zero-order chi connectivity index (χ0) is 25.0. The molecule has 1 aromatic heterocycles. The average Bonchev–Trinajstić information content (AvgIpc) is 3.34. The molecule has 0 aliphatic carbocycles. The number of hydrogen-bond acceptors (Lipinski definition) is 3. The molecule has 192 valence electrons. The van der Waals surface area contributed by atoms with Crippen molar-refractivity contribution >= 4 is 34.8 Å². The molecule has 0 saturated carbocycles. The molecule has 35 heavy (non-hydrogen) atoms. The van der Waals surface area contributed by atoms with Crippen LogP contribution in [0.1, 0.15) is 100 Å². The van der Waals surface area contributed by atoms with Crippen LogP contribution in [0.2, 0.25) is 5.02 Å². The Morgan fingerprint density at radius 1 is 0.971 bits per heavy atom. The third-order valence-corrected chi connectivity index (χ3v) is 8.18. The second-order valence-electron chi connectivity index (χ2n) is 9.63. The Morgan fingerprint density at radius 3 is 2.37 bits per heavy atom. The number of nitrogens with zero attached hydrogens (tertiary/aromatic N) is 2. The Hall–Kier alpha value is -1.85. The molecular weight excluding hydrogens is 476 g/mol. The van der Waals surface area contributed by atoms with Crippen LogP contribution >= 0.6 is 22.9 Å². The number of benzene rings is 1. The Kier molecular flexibility index (Phi) is 11.6. The van der Waals surface area contributed by atoms with E-state index in [1.54, 1.807) is 11.3 Å². The molecule has 0 radical (unpaired) electrons. The molecule has 2 aromatic rings. The average molecular weight is 517 g/mol. The molecule has 6 heteroatoms. The maximum absolute atomic E-state index is 13.6. The number of halogens is 1. The molecule has 3 rings (SSSR count). The van der Waals surface area contributed by atoms with Crippen molar-refractivity contribution in [2.45, 2.75) is 90.5 Å². The predicted molar refractivity (Wildman–Crippen MR) is 147 cm³/mol. The van der Waals surface area contributed by atoms with Gasteiger partial charge in [-0.3, -0.25) is 9.59 Å². The van der Waals surface area contributed by atoms with Crippen LogP contribution in [-0.4, -0.2) is 41.2 Å². The first-order valence-corrected chi connectivity index (χ1v) is 14.7. The first-order valence-electron chi connectivity index (χ1n) is 13.4. The van der Waals surface area contributed by atoms with Crippen LogP contribution in [0.25, 0.3) is 0 Å². The van der Waals surface area contributed by atoms with Crippen molar-refractivity contribution in [2.75, 3.05) is 19.6 Å². The molecule has 0 N–H and O–H groups in total. The number of hydrogen-bond donors (Lipinski definition) is 0. The standard InChI is InChI=1S/C29H41ClN2O2S/c1-3-5-7-8-9-10-11-12-27(33)31(19-6-4-2)22-28(34)32-20-17-26-25(18-21-35-26)29(32)23-13-15-24(30)16-14-23/h13-16,18,21,29H,3-12,17,19-20,22H2,1-2H3. The van der Waals surface area contributed by atoms with Gasteiger partial charge in [0.2, 0.25) is 11.8 Å². The van der Waals surface area contributed by atoms with E-state index in [2.05, 4.69) is 25.3 Å². The predicted octanol–water partition coefficient (Wildman–Crippen LogP) is 7.65. The fraction of sp³-hybridized carbons (Fsp3) is 0.586. The largest absolute Gasteiger partial charge is 0.333 e. The van der Waals surface area contributed by atoms with Gasteiger partial charge in [0.05, 0.1) is 12.6 Å². The highest BCUT2D eigenvalue weighted by Gasteiger charge is 2.33. The first kappa shape index (κ1) is 27.7. The molecule has 1 aliphatic heterocycles. The summed E-state index contributed by atoms with van der Waals surface area (Å²) in [5, 5.41) is 2.80. The van der Waals surface area contributed by atoms with Gasteiger partial charge in [0, 0.05) is 29.4 Å². The van der Waals surface area contributed by atoms with Crippen LogP contribution in [0.3, 0.4) is 0 Å². The summed E-state index contributed by atoms with van der Waals surface area (Å²) < 4.78 is 0. The van der Waals surface area contributed by atoms with Crippen LogP contribution in [0.5, 0.6) is 0 Å². The van der Waals surface area contributed by atoms with Crippen LogP contribution < -0.4 is 0 Å². The highest BCUT2D eigenvalue weighted by Crippen LogP contribution is 2.38. The topological polar surface area (TPSA) is 40.6 Å². The maximum atomic E-state index is 13.6. The first-order chi connectivity index (χ1) is 17.0. The summed E-state index contributed by atoms with van der Waals surface area (Å²) in [5.74, 6) is 0.155. The zero-order valence-electron chi connectivity index (χ0n) is 21.4. The van der Waals surface area contributed by atoms with E-state index in [1.165, 1.54) is 42.5 Å². The molecule has 1 unspecified atom stereocenters. The van der Waals surface area contributed by atoms with Gasteiger partial charge >= 0.3 is 0 Å². The fourth-order valence-electron chi connectivity index (χ4n) is 4.88. The van der Waals surface area contributed by atoms with Crippen molar-refractivity contribution in [3.63, 3.8) is 0 Å². The van der Waals surface area contributed by atoms with Gasteiger partial charge in [0.25, 0.3) is 0 Å². The highest BCUT2D eigenvalue weighted by molar-refractivity contribution is 7.10. The molecule has 2 amide bonds. The Bertz CT molecular complexity index is 927. The summed E-state index contributed by atoms with van der Waals surface area (Å²) in [6.45, 7) is 5.85. The van der Waals surface area contributed by atoms with Gasteiger partial charge in [-0.1, -0.05) is 82.5 Å². The van der Waals surface area contributed by atoms with Crippen LogP contribution in [0, 0.1) is 0 Å². The Morgan fingerprint density at radius 2 is 1.66 bits per heavy atom. The van der Waals surface area contributed by atoms with E-state index in [1.807, 2.05) is 34.1 Å². The number of carbonyl (C=O) groups is 2. The van der Waals surface area contributed by atoms with Gasteiger partial charge in [0.1, 0.15) is 0 Å². The number of amides is 2. The minimum absolute atomic E-state index is 0.0332. The van der Waals surface area contributed by atoms with E-state index in [-0.39, 0.29) is 24.4 Å². The SMILES string of the molecule is CCCCCCCCCC(=O)N(CCCC)CC(=O)N1CCc2sccc2C1c1ccc(Cl)cc1.